The topological polar surface area (TPSA) is 131 Å². The number of ether oxygens (including phenoxy) is 1. The van der Waals surface area contributed by atoms with Gasteiger partial charge in [-0.25, -0.2) is 4.57 Å². The van der Waals surface area contributed by atoms with E-state index in [1.165, 1.54) is 51.4 Å². The number of carbonyl (C=O) groups is 2. The summed E-state index contributed by atoms with van der Waals surface area (Å²) in [5.41, 5.74) is 0. The van der Waals surface area contributed by atoms with Crippen LogP contribution in [0.25, 0.3) is 0 Å². The van der Waals surface area contributed by atoms with E-state index in [0.717, 1.165) is 70.6 Å². The Bertz CT molecular complexity index is 934. The highest BCUT2D eigenvalue weighted by Crippen LogP contribution is 2.42. The molecule has 0 spiro atoms. The van der Waals surface area contributed by atoms with Crippen molar-refractivity contribution in [3.8, 4) is 0 Å². The third-order valence-corrected chi connectivity index (χ3v) is 8.50. The maximum absolute atomic E-state index is 12.0. The van der Waals surface area contributed by atoms with E-state index >= 15 is 0 Å². The van der Waals surface area contributed by atoms with Gasteiger partial charge in [0.15, 0.2) is 0 Å². The maximum atomic E-state index is 12.0. The Morgan fingerprint density at radius 2 is 1.12 bits per heavy atom. The van der Waals surface area contributed by atoms with Gasteiger partial charge in [0.1, 0.15) is 12.7 Å². The molecule has 9 nitrogen and oxygen atoms in total. The Hall–Kier alpha value is -2.03. The van der Waals surface area contributed by atoms with Crippen LogP contribution in [0.3, 0.4) is 0 Å². The number of aliphatic hydroxyl groups is 1. The second-order valence-corrected chi connectivity index (χ2v) is 13.7. The Morgan fingerprint density at radius 3 is 1.73 bits per heavy atom. The lowest BCUT2D eigenvalue weighted by Crippen LogP contribution is -2.27. The molecular formula is C38H68NO8P. The largest absolute Gasteiger partial charge is 0.472 e. The molecule has 1 amide bonds. The first-order valence-corrected chi connectivity index (χ1v) is 20.1. The number of phosphoric acid groups is 1. The molecule has 278 valence electrons. The van der Waals surface area contributed by atoms with Gasteiger partial charge >= 0.3 is 13.8 Å². The van der Waals surface area contributed by atoms with Crippen LogP contribution in [-0.4, -0.2) is 54.3 Å². The van der Waals surface area contributed by atoms with Crippen molar-refractivity contribution in [2.75, 3.05) is 26.4 Å². The van der Waals surface area contributed by atoms with E-state index in [2.05, 4.69) is 67.8 Å². The average Bonchev–Trinajstić information content (AvgIpc) is 3.07. The van der Waals surface area contributed by atoms with Crippen LogP contribution in [0.15, 0.2) is 48.6 Å². The minimum atomic E-state index is -4.40. The zero-order chi connectivity index (χ0) is 35.4. The van der Waals surface area contributed by atoms with E-state index in [4.69, 9.17) is 13.8 Å². The van der Waals surface area contributed by atoms with Gasteiger partial charge < -0.3 is 20.1 Å². The van der Waals surface area contributed by atoms with Gasteiger partial charge in [0, 0.05) is 19.4 Å². The van der Waals surface area contributed by atoms with E-state index in [1.54, 1.807) is 0 Å². The molecule has 2 atom stereocenters. The van der Waals surface area contributed by atoms with Crippen LogP contribution in [0.5, 0.6) is 0 Å². The van der Waals surface area contributed by atoms with Gasteiger partial charge in [-0.1, -0.05) is 127 Å². The van der Waals surface area contributed by atoms with Crippen LogP contribution in [0.2, 0.25) is 0 Å². The van der Waals surface area contributed by atoms with Crippen molar-refractivity contribution in [3.05, 3.63) is 48.6 Å². The molecule has 0 rings (SSSR count). The number of carbonyl (C=O) groups excluding carboxylic acids is 2. The quantitative estimate of drug-likeness (QED) is 0.0262. The molecule has 48 heavy (non-hydrogen) atoms. The minimum Gasteiger partial charge on any atom is -0.463 e. The number of hydrogen-bond donors (Lipinski definition) is 3. The molecule has 3 N–H and O–H groups in total. The Kier molecular flexibility index (Phi) is 33.3. The van der Waals surface area contributed by atoms with Gasteiger partial charge in [-0.15, -0.1) is 0 Å². The third kappa shape index (κ3) is 35.3. The molecule has 0 aromatic heterocycles. The molecule has 0 aliphatic heterocycles. The van der Waals surface area contributed by atoms with Crippen molar-refractivity contribution in [2.24, 2.45) is 0 Å². The van der Waals surface area contributed by atoms with E-state index in [0.29, 0.717) is 6.42 Å². The molecule has 0 radical (unpaired) electrons. The van der Waals surface area contributed by atoms with Crippen LogP contribution >= 0.6 is 7.82 Å². The second kappa shape index (κ2) is 34.8. The van der Waals surface area contributed by atoms with Crippen molar-refractivity contribution in [1.29, 1.82) is 0 Å². The molecule has 0 aromatic carbocycles. The monoisotopic (exact) mass is 697 g/mol. The first kappa shape index (κ1) is 46.0. The molecule has 0 heterocycles. The highest BCUT2D eigenvalue weighted by molar-refractivity contribution is 7.47. The van der Waals surface area contributed by atoms with Crippen molar-refractivity contribution in [3.63, 3.8) is 0 Å². The van der Waals surface area contributed by atoms with Gasteiger partial charge in [0.2, 0.25) is 5.91 Å². The standard InChI is InChI=1S/C38H68NO8P/c1-3-5-7-9-10-11-12-13-14-15-16-17-18-19-20-21-22-23-24-25-26-27-28-30-37(41)39-32-33-46-48(43,44)47-35-36(40)34-45-38(42)31-29-8-6-4-2/h10-11,13-14,16-17,19-20,36,40H,3-9,12,15,18,21-35H2,1-2H3,(H,39,41)(H,43,44)/b11-10-,14-13-,17-16-,20-19-. The Labute approximate surface area is 292 Å². The van der Waals surface area contributed by atoms with E-state index in [-0.39, 0.29) is 32.1 Å². The summed E-state index contributed by atoms with van der Waals surface area (Å²) in [4.78, 5) is 33.4. The Morgan fingerprint density at radius 1 is 0.646 bits per heavy atom. The predicted octanol–water partition coefficient (Wildman–Crippen LogP) is 9.60. The number of phosphoric ester groups is 1. The number of unbranched alkanes of at least 4 members (excludes halogenated alkanes) is 13. The fraction of sp³-hybridized carbons (Fsp3) is 0.737. The van der Waals surface area contributed by atoms with Crippen molar-refractivity contribution in [1.82, 2.24) is 5.32 Å². The van der Waals surface area contributed by atoms with Gasteiger partial charge in [-0.3, -0.25) is 18.6 Å². The molecule has 0 aliphatic carbocycles. The van der Waals surface area contributed by atoms with Crippen molar-refractivity contribution < 1.29 is 37.9 Å². The summed E-state index contributed by atoms with van der Waals surface area (Å²) in [6, 6.07) is 0. The Balaban J connectivity index is 3.60. The summed E-state index contributed by atoms with van der Waals surface area (Å²) in [6.07, 6.45) is 38.2. The summed E-state index contributed by atoms with van der Waals surface area (Å²) < 4.78 is 26.5. The minimum absolute atomic E-state index is 0.0738. The molecule has 0 fully saturated rings. The van der Waals surface area contributed by atoms with Crippen LogP contribution in [0.4, 0.5) is 0 Å². The highest BCUT2D eigenvalue weighted by atomic mass is 31.2. The normalized spacial score (nSPS) is 14.0. The summed E-state index contributed by atoms with van der Waals surface area (Å²) in [6.45, 7) is 3.34. The summed E-state index contributed by atoms with van der Waals surface area (Å²) in [5, 5.41) is 12.5. The fourth-order valence-electron chi connectivity index (χ4n) is 4.66. The number of allylic oxidation sites excluding steroid dienone is 8. The van der Waals surface area contributed by atoms with E-state index in [9.17, 15) is 24.2 Å². The fourth-order valence-corrected chi connectivity index (χ4v) is 5.41. The van der Waals surface area contributed by atoms with Crippen LogP contribution in [0, 0.1) is 0 Å². The predicted molar refractivity (Wildman–Crippen MR) is 197 cm³/mol. The maximum Gasteiger partial charge on any atom is 0.472 e. The number of amides is 1. The molecular weight excluding hydrogens is 629 g/mol. The molecule has 2 unspecified atom stereocenters. The SMILES string of the molecule is CCCCC/C=C\C/C=C\C/C=C\C/C=C\CCCCCCCCCC(=O)NCCOP(=O)(O)OCC(O)COC(=O)CCCCCC. The second-order valence-electron chi connectivity index (χ2n) is 12.2. The summed E-state index contributed by atoms with van der Waals surface area (Å²) in [7, 11) is -4.40. The smallest absolute Gasteiger partial charge is 0.463 e. The van der Waals surface area contributed by atoms with Gasteiger partial charge in [-0.2, -0.15) is 0 Å². The number of hydrogen-bond acceptors (Lipinski definition) is 7. The number of aliphatic hydroxyl groups excluding tert-OH is 1. The molecule has 0 saturated heterocycles. The highest BCUT2D eigenvalue weighted by Gasteiger charge is 2.23. The van der Waals surface area contributed by atoms with E-state index < -0.39 is 26.5 Å². The summed E-state index contributed by atoms with van der Waals surface area (Å²) >= 11 is 0. The molecule has 0 aromatic rings. The third-order valence-electron chi connectivity index (χ3n) is 7.51. The zero-order valence-electron chi connectivity index (χ0n) is 30.2. The van der Waals surface area contributed by atoms with E-state index in [1.807, 2.05) is 0 Å². The number of esters is 1. The number of nitrogens with one attached hydrogen (secondary N) is 1. The molecule has 0 bridgehead atoms. The van der Waals surface area contributed by atoms with Gasteiger partial charge in [0.05, 0.1) is 13.2 Å². The molecule has 0 aliphatic rings. The van der Waals surface area contributed by atoms with Crippen molar-refractivity contribution >= 4 is 19.7 Å². The van der Waals surface area contributed by atoms with Crippen LogP contribution in [-0.2, 0) is 27.9 Å². The van der Waals surface area contributed by atoms with Gasteiger partial charge in [0.25, 0.3) is 0 Å². The van der Waals surface area contributed by atoms with Crippen molar-refractivity contribution in [2.45, 2.75) is 155 Å². The zero-order valence-corrected chi connectivity index (χ0v) is 31.1. The first-order valence-electron chi connectivity index (χ1n) is 18.6. The average molecular weight is 698 g/mol. The lowest BCUT2D eigenvalue weighted by atomic mass is 10.1. The summed E-state index contributed by atoms with van der Waals surface area (Å²) in [5.74, 6) is -0.549. The molecule has 0 saturated carbocycles. The lowest BCUT2D eigenvalue weighted by molar-refractivity contribution is -0.147. The number of rotatable bonds is 34. The van der Waals surface area contributed by atoms with Crippen LogP contribution < -0.4 is 5.32 Å². The van der Waals surface area contributed by atoms with Crippen LogP contribution in [0.1, 0.15) is 149 Å². The van der Waals surface area contributed by atoms with Gasteiger partial charge in [-0.05, 0) is 57.8 Å². The molecule has 10 heteroatoms. The first-order chi connectivity index (χ1) is 23.3. The lowest BCUT2D eigenvalue weighted by Gasteiger charge is -2.15.